The highest BCUT2D eigenvalue weighted by Crippen LogP contribution is 2.38. The van der Waals surface area contributed by atoms with E-state index in [0.29, 0.717) is 0 Å². The molecule has 0 saturated heterocycles. The molecule has 72 valence electrons. The minimum Gasteiger partial charge on any atom is -0.207 e. The smallest absolute Gasteiger partial charge is 0.123 e. The molecule has 0 aliphatic heterocycles. The van der Waals surface area contributed by atoms with Gasteiger partial charge in [-0.05, 0) is 55.6 Å². The van der Waals surface area contributed by atoms with Crippen LogP contribution >= 0.6 is 43.2 Å². The Morgan fingerprint density at radius 2 is 1.93 bits per heavy atom. The van der Waals surface area contributed by atoms with E-state index in [-0.39, 0.29) is 5.82 Å². The van der Waals surface area contributed by atoms with Gasteiger partial charge in [-0.15, -0.1) is 11.3 Å². The van der Waals surface area contributed by atoms with Gasteiger partial charge in [0.1, 0.15) is 5.82 Å². The fraction of sp³-hybridized carbons (Fsp3) is 0. The number of hydrogen-bond donors (Lipinski definition) is 0. The van der Waals surface area contributed by atoms with Gasteiger partial charge in [-0.25, -0.2) is 4.39 Å². The number of benzene rings is 1. The van der Waals surface area contributed by atoms with Gasteiger partial charge in [-0.3, -0.25) is 0 Å². The van der Waals surface area contributed by atoms with Crippen molar-refractivity contribution in [1.82, 2.24) is 0 Å². The molecule has 0 aliphatic rings. The maximum absolute atomic E-state index is 12.9. The highest BCUT2D eigenvalue weighted by Gasteiger charge is 2.06. The third-order valence-electron chi connectivity index (χ3n) is 1.75. The van der Waals surface area contributed by atoms with Crippen LogP contribution in [0.5, 0.6) is 0 Å². The minimum atomic E-state index is -0.205. The molecule has 14 heavy (non-hydrogen) atoms. The lowest BCUT2D eigenvalue weighted by Crippen LogP contribution is -1.74. The summed E-state index contributed by atoms with van der Waals surface area (Å²) in [5.74, 6) is -0.205. The lowest BCUT2D eigenvalue weighted by molar-refractivity contribution is 0.628. The van der Waals surface area contributed by atoms with Crippen molar-refractivity contribution < 1.29 is 4.39 Å². The molecule has 0 aliphatic carbocycles. The molecule has 0 radical (unpaired) electrons. The Bertz CT molecular complexity index is 445. The fourth-order valence-corrected chi connectivity index (χ4v) is 3.16. The van der Waals surface area contributed by atoms with Crippen LogP contribution in [0, 0.1) is 5.82 Å². The molecule has 0 fully saturated rings. The second kappa shape index (κ2) is 4.13. The van der Waals surface area contributed by atoms with Crippen LogP contribution in [0.25, 0.3) is 10.4 Å². The van der Waals surface area contributed by atoms with Gasteiger partial charge in [0.05, 0.1) is 3.79 Å². The molecular weight excluding hydrogens is 331 g/mol. The molecule has 1 aromatic carbocycles. The maximum atomic E-state index is 12.9. The Balaban J connectivity index is 2.49. The molecule has 0 bridgehead atoms. The summed E-state index contributed by atoms with van der Waals surface area (Å²) in [6.45, 7) is 0. The molecule has 4 heteroatoms. The third-order valence-corrected chi connectivity index (χ3v) is 5.06. The van der Waals surface area contributed by atoms with Crippen molar-refractivity contribution in [1.29, 1.82) is 0 Å². The van der Waals surface area contributed by atoms with E-state index >= 15 is 0 Å². The van der Waals surface area contributed by atoms with E-state index in [0.717, 1.165) is 18.7 Å². The van der Waals surface area contributed by atoms with Gasteiger partial charge in [0.15, 0.2) is 0 Å². The van der Waals surface area contributed by atoms with Crippen molar-refractivity contribution in [2.75, 3.05) is 0 Å². The molecule has 0 unspecified atom stereocenters. The quantitative estimate of drug-likeness (QED) is 0.681. The van der Waals surface area contributed by atoms with E-state index in [1.165, 1.54) is 12.1 Å². The average molecular weight is 336 g/mol. The zero-order valence-electron chi connectivity index (χ0n) is 6.93. The van der Waals surface area contributed by atoms with E-state index in [1.54, 1.807) is 17.4 Å². The second-order valence-electron chi connectivity index (χ2n) is 2.74. The summed E-state index contributed by atoms with van der Waals surface area (Å²) in [4.78, 5) is 1.04. The second-order valence-corrected chi connectivity index (χ2v) is 5.97. The van der Waals surface area contributed by atoms with Crippen LogP contribution in [0.15, 0.2) is 38.6 Å². The topological polar surface area (TPSA) is 0 Å². The van der Waals surface area contributed by atoms with Crippen LogP contribution in [0.3, 0.4) is 0 Å². The van der Waals surface area contributed by atoms with Crippen molar-refractivity contribution in [2.24, 2.45) is 0 Å². The van der Waals surface area contributed by atoms with E-state index in [9.17, 15) is 4.39 Å². The van der Waals surface area contributed by atoms with Crippen LogP contribution < -0.4 is 0 Å². The first-order chi connectivity index (χ1) is 6.66. The molecule has 0 nitrogen and oxygen atoms in total. The number of halogens is 3. The molecular formula is C10H5Br2FS. The molecule has 1 aromatic heterocycles. The van der Waals surface area contributed by atoms with Crippen molar-refractivity contribution in [3.63, 3.8) is 0 Å². The molecule has 2 rings (SSSR count). The monoisotopic (exact) mass is 334 g/mol. The lowest BCUT2D eigenvalue weighted by Gasteiger charge is -1.95. The summed E-state index contributed by atoms with van der Waals surface area (Å²) in [5.41, 5.74) is 0.904. The first-order valence-corrected chi connectivity index (χ1v) is 6.28. The summed E-state index contributed by atoms with van der Waals surface area (Å²) >= 11 is 8.39. The van der Waals surface area contributed by atoms with Gasteiger partial charge < -0.3 is 0 Å². The first-order valence-electron chi connectivity index (χ1n) is 3.87. The summed E-state index contributed by atoms with van der Waals surface area (Å²) in [7, 11) is 0. The van der Waals surface area contributed by atoms with Gasteiger partial charge in [0, 0.05) is 9.35 Å². The van der Waals surface area contributed by atoms with Crippen molar-refractivity contribution >= 4 is 43.2 Å². The molecule has 0 amide bonds. The highest BCUT2D eigenvalue weighted by molar-refractivity contribution is 9.13. The summed E-state index contributed by atoms with van der Waals surface area (Å²) < 4.78 is 15.0. The van der Waals surface area contributed by atoms with Crippen LogP contribution in [0.4, 0.5) is 4.39 Å². The van der Waals surface area contributed by atoms with Gasteiger partial charge in [0.25, 0.3) is 0 Å². The highest BCUT2D eigenvalue weighted by atomic mass is 79.9. The van der Waals surface area contributed by atoms with Gasteiger partial charge in [0.2, 0.25) is 0 Å². The Kier molecular flexibility index (Phi) is 3.04. The Morgan fingerprint density at radius 3 is 2.50 bits per heavy atom. The zero-order valence-corrected chi connectivity index (χ0v) is 10.9. The molecule has 0 spiro atoms. The zero-order chi connectivity index (χ0) is 10.1. The number of rotatable bonds is 1. The van der Waals surface area contributed by atoms with E-state index in [4.69, 9.17) is 0 Å². The largest absolute Gasteiger partial charge is 0.207 e. The SMILES string of the molecule is Fc1cccc(-c2cc(Br)c(Br)s2)c1. The van der Waals surface area contributed by atoms with Gasteiger partial charge >= 0.3 is 0 Å². The fourth-order valence-electron chi connectivity index (χ4n) is 1.13. The summed E-state index contributed by atoms with van der Waals surface area (Å²) in [6, 6.07) is 8.56. The van der Waals surface area contributed by atoms with Gasteiger partial charge in [-0.1, -0.05) is 12.1 Å². The average Bonchev–Trinajstić information content (AvgIpc) is 2.47. The molecule has 0 N–H and O–H groups in total. The predicted molar refractivity (Wildman–Crippen MR) is 65.1 cm³/mol. The summed E-state index contributed by atoms with van der Waals surface area (Å²) in [5, 5.41) is 0. The van der Waals surface area contributed by atoms with Crippen LogP contribution in [-0.2, 0) is 0 Å². The molecule has 0 atom stereocenters. The Morgan fingerprint density at radius 1 is 1.14 bits per heavy atom. The number of thiophene rings is 1. The normalized spacial score (nSPS) is 10.5. The maximum Gasteiger partial charge on any atom is 0.123 e. The van der Waals surface area contributed by atoms with E-state index in [1.807, 2.05) is 12.1 Å². The Labute approximate surface area is 102 Å². The van der Waals surface area contributed by atoms with Crippen LogP contribution in [0.1, 0.15) is 0 Å². The first kappa shape index (κ1) is 10.3. The van der Waals surface area contributed by atoms with Crippen molar-refractivity contribution in [3.8, 4) is 10.4 Å². The van der Waals surface area contributed by atoms with E-state index in [2.05, 4.69) is 31.9 Å². The van der Waals surface area contributed by atoms with Crippen molar-refractivity contribution in [3.05, 3.63) is 44.4 Å². The summed E-state index contributed by atoms with van der Waals surface area (Å²) in [6.07, 6.45) is 0. The third kappa shape index (κ3) is 2.07. The number of hydrogen-bond acceptors (Lipinski definition) is 1. The minimum absolute atomic E-state index is 0.205. The van der Waals surface area contributed by atoms with E-state index < -0.39 is 0 Å². The molecule has 2 aromatic rings. The van der Waals surface area contributed by atoms with Gasteiger partial charge in [-0.2, -0.15) is 0 Å². The Hall–Kier alpha value is -0.190. The van der Waals surface area contributed by atoms with Crippen LogP contribution in [-0.4, -0.2) is 0 Å². The van der Waals surface area contributed by atoms with Crippen LogP contribution in [0.2, 0.25) is 0 Å². The predicted octanol–water partition coefficient (Wildman–Crippen LogP) is 5.08. The molecule has 0 saturated carbocycles. The lowest BCUT2D eigenvalue weighted by atomic mass is 10.2. The molecule has 1 heterocycles. The van der Waals surface area contributed by atoms with Crippen molar-refractivity contribution in [2.45, 2.75) is 0 Å². The standard InChI is InChI=1S/C10H5Br2FS/c11-8-5-9(14-10(8)12)6-2-1-3-7(13)4-6/h1-5H.